The monoisotopic (exact) mass is 244 g/mol. The molecule has 1 aromatic rings. The van der Waals surface area contributed by atoms with E-state index >= 15 is 0 Å². The molecule has 1 heterocycles. The highest BCUT2D eigenvalue weighted by atomic mass is 16.5. The Morgan fingerprint density at radius 1 is 1.44 bits per heavy atom. The van der Waals surface area contributed by atoms with Crippen molar-refractivity contribution in [3.63, 3.8) is 0 Å². The van der Waals surface area contributed by atoms with Gasteiger partial charge < -0.3 is 4.74 Å². The molecule has 0 spiro atoms. The van der Waals surface area contributed by atoms with Crippen LogP contribution >= 0.6 is 0 Å². The third-order valence-corrected chi connectivity index (χ3v) is 3.38. The molecule has 1 aromatic carbocycles. The maximum absolute atomic E-state index is 11.8. The third kappa shape index (κ3) is 2.36. The SMILES string of the molecule is CC1OC(=O)C(Cc2ccccc2)NC1(C)C#N. The Balaban J connectivity index is 2.14. The Morgan fingerprint density at radius 3 is 2.72 bits per heavy atom. The number of hydrogen-bond donors (Lipinski definition) is 1. The van der Waals surface area contributed by atoms with Gasteiger partial charge in [-0.15, -0.1) is 0 Å². The Morgan fingerprint density at radius 2 is 2.11 bits per heavy atom. The summed E-state index contributed by atoms with van der Waals surface area (Å²) < 4.78 is 5.25. The maximum Gasteiger partial charge on any atom is 0.323 e. The van der Waals surface area contributed by atoms with E-state index in [1.54, 1.807) is 13.8 Å². The molecular formula is C14H16N2O2. The minimum Gasteiger partial charge on any atom is -0.458 e. The van der Waals surface area contributed by atoms with Gasteiger partial charge in [0.1, 0.15) is 17.7 Å². The molecule has 3 atom stereocenters. The molecule has 0 saturated carbocycles. The molecule has 2 rings (SSSR count). The van der Waals surface area contributed by atoms with E-state index in [0.717, 1.165) is 5.56 Å². The van der Waals surface area contributed by atoms with Gasteiger partial charge in [0.2, 0.25) is 0 Å². The molecule has 1 aliphatic heterocycles. The molecule has 3 unspecified atom stereocenters. The summed E-state index contributed by atoms with van der Waals surface area (Å²) in [5, 5.41) is 12.3. The van der Waals surface area contributed by atoms with E-state index in [0.29, 0.717) is 6.42 Å². The molecule has 1 aliphatic rings. The number of morpholine rings is 1. The second-order valence-corrected chi connectivity index (χ2v) is 4.78. The number of carbonyl (C=O) groups excluding carboxylic acids is 1. The lowest BCUT2D eigenvalue weighted by Crippen LogP contribution is -2.63. The van der Waals surface area contributed by atoms with Gasteiger partial charge in [0, 0.05) is 0 Å². The summed E-state index contributed by atoms with van der Waals surface area (Å²) in [6.07, 6.45) is 0.0888. The van der Waals surface area contributed by atoms with Crippen LogP contribution in [0, 0.1) is 11.3 Å². The minimum absolute atomic E-state index is 0.293. The smallest absolute Gasteiger partial charge is 0.323 e. The van der Waals surface area contributed by atoms with Crippen molar-refractivity contribution >= 4 is 5.97 Å². The fourth-order valence-electron chi connectivity index (χ4n) is 2.02. The molecule has 1 N–H and O–H groups in total. The number of nitrogens with one attached hydrogen (secondary N) is 1. The van der Waals surface area contributed by atoms with Gasteiger partial charge >= 0.3 is 5.97 Å². The van der Waals surface area contributed by atoms with Crippen molar-refractivity contribution in [1.82, 2.24) is 5.32 Å². The fourth-order valence-corrected chi connectivity index (χ4v) is 2.02. The largest absolute Gasteiger partial charge is 0.458 e. The molecule has 0 aliphatic carbocycles. The number of benzene rings is 1. The summed E-state index contributed by atoms with van der Waals surface area (Å²) in [5.74, 6) is -0.293. The minimum atomic E-state index is -0.826. The highest BCUT2D eigenvalue weighted by Crippen LogP contribution is 2.21. The van der Waals surface area contributed by atoms with Gasteiger partial charge in [0.25, 0.3) is 0 Å². The standard InChI is InChI=1S/C14H16N2O2/c1-10-14(2,9-15)16-12(13(17)18-10)8-11-6-4-3-5-7-11/h3-7,10,12,16H,8H2,1-2H3. The summed E-state index contributed by atoms with van der Waals surface area (Å²) in [5.41, 5.74) is 0.217. The van der Waals surface area contributed by atoms with E-state index in [9.17, 15) is 10.1 Å². The number of rotatable bonds is 2. The number of hydrogen-bond acceptors (Lipinski definition) is 4. The van der Waals surface area contributed by atoms with Crippen LogP contribution in [0.1, 0.15) is 19.4 Å². The van der Waals surface area contributed by atoms with Crippen molar-refractivity contribution in [2.24, 2.45) is 0 Å². The first-order valence-electron chi connectivity index (χ1n) is 5.98. The Kier molecular flexibility index (Phi) is 3.35. The van der Waals surface area contributed by atoms with Crippen molar-refractivity contribution in [3.8, 4) is 6.07 Å². The quantitative estimate of drug-likeness (QED) is 0.799. The topological polar surface area (TPSA) is 62.1 Å². The molecule has 18 heavy (non-hydrogen) atoms. The Bertz CT molecular complexity index is 480. The number of esters is 1. The van der Waals surface area contributed by atoms with Crippen LogP contribution in [0.3, 0.4) is 0 Å². The lowest BCUT2D eigenvalue weighted by Gasteiger charge is -2.38. The van der Waals surface area contributed by atoms with Crippen LogP contribution in [0.15, 0.2) is 30.3 Å². The fraction of sp³-hybridized carbons (Fsp3) is 0.429. The van der Waals surface area contributed by atoms with Gasteiger partial charge in [-0.05, 0) is 25.8 Å². The van der Waals surface area contributed by atoms with Crippen LogP contribution in [0.2, 0.25) is 0 Å². The van der Waals surface area contributed by atoms with Gasteiger partial charge in [0.05, 0.1) is 6.07 Å². The van der Waals surface area contributed by atoms with E-state index < -0.39 is 17.7 Å². The first kappa shape index (κ1) is 12.6. The summed E-state index contributed by atoms with van der Waals surface area (Å²) in [6.45, 7) is 3.48. The van der Waals surface area contributed by atoms with Crippen LogP contribution < -0.4 is 5.32 Å². The molecule has 0 radical (unpaired) electrons. The zero-order valence-corrected chi connectivity index (χ0v) is 10.5. The van der Waals surface area contributed by atoms with Gasteiger partial charge in [0.15, 0.2) is 0 Å². The molecular weight excluding hydrogens is 228 g/mol. The summed E-state index contributed by atoms with van der Waals surface area (Å²) in [4.78, 5) is 11.8. The Labute approximate surface area is 107 Å². The van der Waals surface area contributed by atoms with Crippen molar-refractivity contribution in [3.05, 3.63) is 35.9 Å². The van der Waals surface area contributed by atoms with Crippen molar-refractivity contribution in [1.29, 1.82) is 5.26 Å². The van der Waals surface area contributed by atoms with Gasteiger partial charge in [-0.3, -0.25) is 10.1 Å². The van der Waals surface area contributed by atoms with Crippen molar-refractivity contribution < 1.29 is 9.53 Å². The van der Waals surface area contributed by atoms with E-state index in [2.05, 4.69) is 11.4 Å². The van der Waals surface area contributed by atoms with Crippen LogP contribution in [0.25, 0.3) is 0 Å². The number of nitrogens with zero attached hydrogens (tertiary/aromatic N) is 1. The average Bonchev–Trinajstić information content (AvgIpc) is 2.37. The van der Waals surface area contributed by atoms with Crippen molar-refractivity contribution in [2.75, 3.05) is 0 Å². The van der Waals surface area contributed by atoms with Gasteiger partial charge in [-0.1, -0.05) is 30.3 Å². The molecule has 4 heteroatoms. The van der Waals surface area contributed by atoms with Crippen LogP contribution in [0.5, 0.6) is 0 Å². The van der Waals surface area contributed by atoms with E-state index in [1.165, 1.54) is 0 Å². The van der Waals surface area contributed by atoms with E-state index in [4.69, 9.17) is 4.74 Å². The Hall–Kier alpha value is -1.86. The number of carbonyl (C=O) groups is 1. The van der Waals surface area contributed by atoms with Gasteiger partial charge in [-0.25, -0.2) is 0 Å². The highest BCUT2D eigenvalue weighted by Gasteiger charge is 2.43. The predicted octanol–water partition coefficient (Wildman–Crippen LogP) is 1.41. The summed E-state index contributed by atoms with van der Waals surface area (Å²) in [7, 11) is 0. The second-order valence-electron chi connectivity index (χ2n) is 4.78. The first-order chi connectivity index (χ1) is 8.55. The van der Waals surface area contributed by atoms with Crippen LogP contribution in [-0.4, -0.2) is 23.7 Å². The number of ether oxygens (including phenoxy) is 1. The number of nitriles is 1. The molecule has 4 nitrogen and oxygen atoms in total. The van der Waals surface area contributed by atoms with Crippen LogP contribution in [-0.2, 0) is 16.0 Å². The zero-order chi connectivity index (χ0) is 13.2. The van der Waals surface area contributed by atoms with Crippen molar-refractivity contribution in [2.45, 2.75) is 38.0 Å². The molecule has 1 saturated heterocycles. The molecule has 1 fully saturated rings. The van der Waals surface area contributed by atoms with E-state index in [-0.39, 0.29) is 5.97 Å². The summed E-state index contributed by atoms with van der Waals surface area (Å²) in [6, 6.07) is 11.4. The normalized spacial score (nSPS) is 31.5. The molecule has 0 bridgehead atoms. The highest BCUT2D eigenvalue weighted by molar-refractivity contribution is 5.77. The lowest BCUT2D eigenvalue weighted by molar-refractivity contribution is -0.161. The number of cyclic esters (lactones) is 1. The van der Waals surface area contributed by atoms with Gasteiger partial charge in [-0.2, -0.15) is 5.26 Å². The molecule has 0 aromatic heterocycles. The first-order valence-corrected chi connectivity index (χ1v) is 5.98. The van der Waals surface area contributed by atoms with Crippen LogP contribution in [0.4, 0.5) is 0 Å². The second kappa shape index (κ2) is 4.79. The zero-order valence-electron chi connectivity index (χ0n) is 10.5. The molecule has 94 valence electrons. The lowest BCUT2D eigenvalue weighted by atomic mass is 9.92. The third-order valence-electron chi connectivity index (χ3n) is 3.38. The molecule has 0 amide bonds. The van der Waals surface area contributed by atoms with E-state index in [1.807, 2.05) is 30.3 Å². The summed E-state index contributed by atoms with van der Waals surface area (Å²) >= 11 is 0. The predicted molar refractivity (Wildman–Crippen MR) is 66.6 cm³/mol. The average molecular weight is 244 g/mol. The maximum atomic E-state index is 11.8.